The Bertz CT molecular complexity index is 752. The molecule has 0 spiro atoms. The third-order valence-electron chi connectivity index (χ3n) is 4.01. The van der Waals surface area contributed by atoms with Crippen LogP contribution in [0.5, 0.6) is 0 Å². The molecular weight excluding hydrogens is 312 g/mol. The second-order valence-electron chi connectivity index (χ2n) is 5.57. The molecule has 3 aromatic rings. The largest absolute Gasteiger partial charge is 0.403 e. The lowest BCUT2D eigenvalue weighted by Crippen LogP contribution is -2.35. The lowest BCUT2D eigenvalue weighted by Gasteiger charge is -2.34. The van der Waals surface area contributed by atoms with Crippen LogP contribution in [-0.4, -0.2) is 20.0 Å². The first-order valence-corrected chi connectivity index (χ1v) is 7.92. The highest BCUT2D eigenvalue weighted by molar-refractivity contribution is 5.35. The van der Waals surface area contributed by atoms with E-state index < -0.39 is 0 Å². The highest BCUT2D eigenvalue weighted by atomic mass is 15.4. The van der Waals surface area contributed by atoms with E-state index >= 15 is 0 Å². The highest BCUT2D eigenvalue weighted by Crippen LogP contribution is 2.39. The van der Waals surface area contributed by atoms with Gasteiger partial charge in [0.15, 0.2) is 0 Å². The summed E-state index contributed by atoms with van der Waals surface area (Å²) in [6.07, 6.45) is 13.8. The minimum Gasteiger partial charge on any atom is -0.403 e. The zero-order valence-corrected chi connectivity index (χ0v) is 13.7. The van der Waals surface area contributed by atoms with Gasteiger partial charge in [-0.2, -0.15) is 0 Å². The van der Waals surface area contributed by atoms with Gasteiger partial charge in [0.05, 0.1) is 6.04 Å². The van der Waals surface area contributed by atoms with Gasteiger partial charge in [-0.1, -0.05) is 18.2 Å². The third-order valence-corrected chi connectivity index (χ3v) is 4.01. The van der Waals surface area contributed by atoms with Gasteiger partial charge >= 0.3 is 0 Å². The van der Waals surface area contributed by atoms with Crippen LogP contribution in [0, 0.1) is 0 Å². The van der Waals surface area contributed by atoms with Crippen LogP contribution in [0.25, 0.3) is 0 Å². The molecule has 126 valence electrons. The van der Waals surface area contributed by atoms with Crippen molar-refractivity contribution in [3.05, 3.63) is 103 Å². The van der Waals surface area contributed by atoms with Gasteiger partial charge in [-0.3, -0.25) is 15.0 Å². The van der Waals surface area contributed by atoms with E-state index in [4.69, 9.17) is 11.6 Å². The molecule has 4 N–H and O–H groups in total. The zero-order valence-electron chi connectivity index (χ0n) is 13.7. The quantitative estimate of drug-likeness (QED) is 0.531. The molecule has 0 fully saturated rings. The van der Waals surface area contributed by atoms with Gasteiger partial charge in [0.2, 0.25) is 0 Å². The molecule has 0 saturated heterocycles. The molecule has 3 rings (SSSR count). The number of nitrogens with zero attached hydrogens (tertiary/aromatic N) is 4. The van der Waals surface area contributed by atoms with E-state index in [1.165, 1.54) is 6.20 Å². The molecule has 0 aliphatic heterocycles. The number of hydrazine groups is 1. The maximum Gasteiger partial charge on any atom is 0.0820 e. The summed E-state index contributed by atoms with van der Waals surface area (Å²) < 4.78 is 0. The van der Waals surface area contributed by atoms with Gasteiger partial charge in [-0.15, -0.1) is 0 Å². The number of hydrogen-bond donors (Lipinski definition) is 2. The number of rotatable bonds is 6. The van der Waals surface area contributed by atoms with Crippen molar-refractivity contribution in [3.8, 4) is 0 Å². The van der Waals surface area contributed by atoms with E-state index in [0.717, 1.165) is 16.7 Å². The van der Waals surface area contributed by atoms with Crippen LogP contribution >= 0.6 is 0 Å². The van der Waals surface area contributed by atoms with Crippen molar-refractivity contribution >= 4 is 0 Å². The number of pyridine rings is 3. The normalized spacial score (nSPS) is 12.4. The van der Waals surface area contributed by atoms with Gasteiger partial charge in [-0.05, 0) is 34.9 Å². The van der Waals surface area contributed by atoms with Crippen molar-refractivity contribution in [2.75, 3.05) is 0 Å². The van der Waals surface area contributed by atoms with Gasteiger partial charge < -0.3 is 10.7 Å². The fourth-order valence-electron chi connectivity index (χ4n) is 2.96. The van der Waals surface area contributed by atoms with Crippen molar-refractivity contribution < 1.29 is 0 Å². The van der Waals surface area contributed by atoms with Gasteiger partial charge in [0, 0.05) is 55.5 Å². The van der Waals surface area contributed by atoms with E-state index in [1.54, 1.807) is 29.8 Å². The molecule has 0 amide bonds. The molecule has 6 heteroatoms. The first kappa shape index (κ1) is 16.6. The van der Waals surface area contributed by atoms with Crippen LogP contribution in [0.3, 0.4) is 0 Å². The highest BCUT2D eigenvalue weighted by Gasteiger charge is 2.30. The Kier molecular flexibility index (Phi) is 5.33. The Morgan fingerprint density at radius 3 is 1.68 bits per heavy atom. The third kappa shape index (κ3) is 3.81. The average molecular weight is 332 g/mol. The molecular formula is C19H20N6. The molecule has 25 heavy (non-hydrogen) atoms. The predicted octanol–water partition coefficient (Wildman–Crippen LogP) is 2.35. The minimum absolute atomic E-state index is 0.0900. The molecule has 6 nitrogen and oxygen atoms in total. The maximum absolute atomic E-state index is 6.33. The average Bonchev–Trinajstić information content (AvgIpc) is 2.68. The van der Waals surface area contributed by atoms with Crippen LogP contribution in [-0.2, 0) is 0 Å². The summed E-state index contributed by atoms with van der Waals surface area (Å²) in [5.41, 5.74) is 8.62. The summed E-state index contributed by atoms with van der Waals surface area (Å²) in [5.74, 6) is 6.24. The fourth-order valence-corrected chi connectivity index (χ4v) is 2.96. The van der Waals surface area contributed by atoms with Crippen molar-refractivity contribution in [2.24, 2.45) is 11.6 Å². The summed E-state index contributed by atoms with van der Waals surface area (Å²) in [6, 6.07) is 11.6. The monoisotopic (exact) mass is 332 g/mol. The summed E-state index contributed by atoms with van der Waals surface area (Å²) in [4.78, 5) is 12.8. The molecule has 0 radical (unpaired) electrons. The standard InChI is InChI=1S/C19H20N6/c20-7-11-25(21)19(17-6-3-10-24-14-17)18(15-4-1-8-22-12-15)16-5-2-9-23-13-16/h1-14,18-19H,20-21H2/b11-7-. The van der Waals surface area contributed by atoms with Gasteiger partial charge in [0.1, 0.15) is 0 Å². The maximum atomic E-state index is 6.33. The number of nitrogens with two attached hydrogens (primary N) is 2. The summed E-state index contributed by atoms with van der Waals surface area (Å²) in [5, 5.41) is 1.60. The predicted molar refractivity (Wildman–Crippen MR) is 96.6 cm³/mol. The van der Waals surface area contributed by atoms with E-state index in [0.29, 0.717) is 0 Å². The zero-order chi connectivity index (χ0) is 17.5. The van der Waals surface area contributed by atoms with Crippen LogP contribution in [0.1, 0.15) is 28.7 Å². The molecule has 3 heterocycles. The smallest absolute Gasteiger partial charge is 0.0820 e. The summed E-state index contributed by atoms with van der Waals surface area (Å²) in [6.45, 7) is 0. The van der Waals surface area contributed by atoms with Crippen LogP contribution < -0.4 is 11.6 Å². The summed E-state index contributed by atoms with van der Waals surface area (Å²) in [7, 11) is 0. The lowest BCUT2D eigenvalue weighted by atomic mass is 9.83. The molecule has 3 aromatic heterocycles. The Balaban J connectivity index is 2.16. The lowest BCUT2D eigenvalue weighted by molar-refractivity contribution is 0.263. The van der Waals surface area contributed by atoms with Gasteiger partial charge in [0.25, 0.3) is 0 Å². The first-order chi connectivity index (χ1) is 12.3. The van der Waals surface area contributed by atoms with E-state index in [2.05, 4.69) is 15.0 Å². The molecule has 1 atom stereocenters. The van der Waals surface area contributed by atoms with Crippen LogP contribution in [0.2, 0.25) is 0 Å². The second-order valence-corrected chi connectivity index (χ2v) is 5.57. The van der Waals surface area contributed by atoms with Crippen molar-refractivity contribution in [1.82, 2.24) is 20.0 Å². The van der Waals surface area contributed by atoms with Crippen LogP contribution in [0.4, 0.5) is 0 Å². The van der Waals surface area contributed by atoms with Crippen LogP contribution in [0.15, 0.2) is 86.0 Å². The Morgan fingerprint density at radius 1 is 0.800 bits per heavy atom. The summed E-state index contributed by atoms with van der Waals surface area (Å²) >= 11 is 0. The topological polar surface area (TPSA) is 94.0 Å². The SMILES string of the molecule is N/C=C\N(N)C(c1cccnc1)C(c1cccnc1)c1cccnc1. The van der Waals surface area contributed by atoms with Gasteiger partial charge in [-0.25, -0.2) is 5.84 Å². The van der Waals surface area contributed by atoms with E-state index in [-0.39, 0.29) is 12.0 Å². The molecule has 0 aromatic carbocycles. The fraction of sp³-hybridized carbons (Fsp3) is 0.105. The van der Waals surface area contributed by atoms with Crippen molar-refractivity contribution in [1.29, 1.82) is 0 Å². The molecule has 0 saturated carbocycles. The van der Waals surface area contributed by atoms with Crippen molar-refractivity contribution in [2.45, 2.75) is 12.0 Å². The van der Waals surface area contributed by atoms with E-state index in [9.17, 15) is 0 Å². The molecule has 0 aliphatic rings. The van der Waals surface area contributed by atoms with Crippen molar-refractivity contribution in [3.63, 3.8) is 0 Å². The number of hydrogen-bond acceptors (Lipinski definition) is 6. The molecule has 0 aliphatic carbocycles. The Hall–Kier alpha value is -3.25. The number of aromatic nitrogens is 3. The van der Waals surface area contributed by atoms with E-state index in [1.807, 2.05) is 55.0 Å². The molecule has 1 unspecified atom stereocenters. The minimum atomic E-state index is -0.220. The second kappa shape index (κ2) is 8.03. The first-order valence-electron chi connectivity index (χ1n) is 7.92. The Morgan fingerprint density at radius 2 is 1.28 bits per heavy atom. The molecule has 0 bridgehead atoms. The Labute approximate surface area is 146 Å².